The van der Waals surface area contributed by atoms with E-state index in [1.807, 2.05) is 51.2 Å². The standard InChI is InChI=1S/C10H16O.C5H13N/c1-4-7-9-10(8-5-2)11-6-3;1-4-5-6(2)3/h4-5,7-9H,6H2,1-3H3;4-5H2,1-3H3/b7-4+,8-5-,10-9+;. The van der Waals surface area contributed by atoms with Crippen LogP contribution in [-0.4, -0.2) is 32.1 Å². The highest BCUT2D eigenvalue weighted by Gasteiger charge is 1.85. The van der Waals surface area contributed by atoms with Gasteiger partial charge in [0.1, 0.15) is 5.76 Å². The minimum Gasteiger partial charge on any atom is -0.494 e. The van der Waals surface area contributed by atoms with Gasteiger partial charge in [-0.3, -0.25) is 0 Å². The molecule has 0 N–H and O–H groups in total. The van der Waals surface area contributed by atoms with Gasteiger partial charge in [-0.1, -0.05) is 25.2 Å². The van der Waals surface area contributed by atoms with Crippen LogP contribution in [0.1, 0.15) is 34.1 Å². The zero-order valence-corrected chi connectivity index (χ0v) is 12.4. The summed E-state index contributed by atoms with van der Waals surface area (Å²) in [5.74, 6) is 0.910. The molecule has 0 aromatic heterocycles. The largest absolute Gasteiger partial charge is 0.494 e. The smallest absolute Gasteiger partial charge is 0.118 e. The van der Waals surface area contributed by atoms with Crippen molar-refractivity contribution in [2.45, 2.75) is 34.1 Å². The van der Waals surface area contributed by atoms with E-state index in [9.17, 15) is 0 Å². The molecule has 0 saturated carbocycles. The Morgan fingerprint density at radius 2 is 1.76 bits per heavy atom. The highest BCUT2D eigenvalue weighted by molar-refractivity contribution is 5.17. The number of nitrogens with zero attached hydrogens (tertiary/aromatic N) is 1. The summed E-state index contributed by atoms with van der Waals surface area (Å²) in [5, 5.41) is 0. The Kier molecular flexibility index (Phi) is 16.2. The van der Waals surface area contributed by atoms with E-state index in [1.165, 1.54) is 13.0 Å². The van der Waals surface area contributed by atoms with Gasteiger partial charge < -0.3 is 9.64 Å². The van der Waals surface area contributed by atoms with E-state index in [0.717, 1.165) is 5.76 Å². The average molecular weight is 239 g/mol. The van der Waals surface area contributed by atoms with Gasteiger partial charge in [0.2, 0.25) is 0 Å². The number of allylic oxidation sites excluding steroid dienone is 5. The van der Waals surface area contributed by atoms with Crippen molar-refractivity contribution in [2.75, 3.05) is 27.2 Å². The van der Waals surface area contributed by atoms with Crippen LogP contribution in [0.4, 0.5) is 0 Å². The zero-order valence-electron chi connectivity index (χ0n) is 12.4. The maximum atomic E-state index is 5.31. The molecule has 2 nitrogen and oxygen atoms in total. The Labute approximate surface area is 108 Å². The van der Waals surface area contributed by atoms with Crippen molar-refractivity contribution in [3.63, 3.8) is 0 Å². The Balaban J connectivity index is 0. The SMILES string of the molecule is CCCN(C)C.C\C=C/C(=C\C=C\C)OCC. The van der Waals surface area contributed by atoms with Crippen LogP contribution >= 0.6 is 0 Å². The van der Waals surface area contributed by atoms with Crippen molar-refractivity contribution in [2.24, 2.45) is 0 Å². The predicted molar refractivity (Wildman–Crippen MR) is 78.2 cm³/mol. The summed E-state index contributed by atoms with van der Waals surface area (Å²) in [6.45, 7) is 10.0. The maximum Gasteiger partial charge on any atom is 0.118 e. The van der Waals surface area contributed by atoms with E-state index >= 15 is 0 Å². The molecule has 0 aliphatic heterocycles. The molecular formula is C15H29NO. The topological polar surface area (TPSA) is 12.5 Å². The molecule has 0 aliphatic rings. The van der Waals surface area contributed by atoms with Crippen LogP contribution in [0.5, 0.6) is 0 Å². The molecule has 100 valence electrons. The van der Waals surface area contributed by atoms with Crippen LogP contribution in [0.3, 0.4) is 0 Å². The minimum atomic E-state index is 0.716. The lowest BCUT2D eigenvalue weighted by Crippen LogP contribution is -2.11. The first-order valence-electron chi connectivity index (χ1n) is 6.35. The number of hydrogen-bond acceptors (Lipinski definition) is 2. The van der Waals surface area contributed by atoms with E-state index < -0.39 is 0 Å². The van der Waals surface area contributed by atoms with Crippen LogP contribution < -0.4 is 0 Å². The summed E-state index contributed by atoms with van der Waals surface area (Å²) in [6.07, 6.45) is 11.1. The molecule has 17 heavy (non-hydrogen) atoms. The Bertz CT molecular complexity index is 227. The normalized spacial score (nSPS) is 12.1. The molecule has 0 aliphatic carbocycles. The van der Waals surface area contributed by atoms with Crippen molar-refractivity contribution < 1.29 is 4.74 Å². The molecule has 0 bridgehead atoms. The molecule has 0 aromatic rings. The minimum absolute atomic E-state index is 0.716. The summed E-state index contributed by atoms with van der Waals surface area (Å²) < 4.78 is 5.31. The van der Waals surface area contributed by atoms with Crippen LogP contribution in [0.15, 0.2) is 36.1 Å². The lowest BCUT2D eigenvalue weighted by molar-refractivity contribution is 0.242. The summed E-state index contributed by atoms with van der Waals surface area (Å²) in [6, 6.07) is 0. The third-order valence-corrected chi connectivity index (χ3v) is 1.77. The number of rotatable bonds is 6. The zero-order chi connectivity index (χ0) is 13.5. The third kappa shape index (κ3) is 17.6. The molecule has 2 heteroatoms. The molecule has 0 heterocycles. The van der Waals surface area contributed by atoms with Gasteiger partial charge in [-0.15, -0.1) is 0 Å². The highest BCUT2D eigenvalue weighted by Crippen LogP contribution is 1.99. The molecular weight excluding hydrogens is 210 g/mol. The summed E-state index contributed by atoms with van der Waals surface area (Å²) in [4.78, 5) is 2.18. The van der Waals surface area contributed by atoms with E-state index in [2.05, 4.69) is 25.9 Å². The fraction of sp³-hybridized carbons (Fsp3) is 0.600. The molecule has 0 radical (unpaired) electrons. The summed E-state index contributed by atoms with van der Waals surface area (Å²) in [5.41, 5.74) is 0. The van der Waals surface area contributed by atoms with Gasteiger partial charge in [0, 0.05) is 0 Å². The summed E-state index contributed by atoms with van der Waals surface area (Å²) >= 11 is 0. The predicted octanol–water partition coefficient (Wildman–Crippen LogP) is 4.02. The fourth-order valence-corrected chi connectivity index (χ4v) is 1.12. The summed E-state index contributed by atoms with van der Waals surface area (Å²) in [7, 11) is 4.17. The lowest BCUT2D eigenvalue weighted by Gasteiger charge is -2.03. The van der Waals surface area contributed by atoms with Crippen LogP contribution in [0.25, 0.3) is 0 Å². The lowest BCUT2D eigenvalue weighted by atomic mass is 10.4. The monoisotopic (exact) mass is 239 g/mol. The van der Waals surface area contributed by atoms with Crippen molar-refractivity contribution in [1.82, 2.24) is 4.90 Å². The van der Waals surface area contributed by atoms with E-state index in [4.69, 9.17) is 4.74 Å². The Morgan fingerprint density at radius 3 is 2.06 bits per heavy atom. The van der Waals surface area contributed by atoms with E-state index in [0.29, 0.717) is 6.61 Å². The van der Waals surface area contributed by atoms with Crippen molar-refractivity contribution >= 4 is 0 Å². The number of ether oxygens (including phenoxy) is 1. The van der Waals surface area contributed by atoms with Gasteiger partial charge >= 0.3 is 0 Å². The molecule has 0 unspecified atom stereocenters. The van der Waals surface area contributed by atoms with Gasteiger partial charge in [-0.05, 0) is 60.0 Å². The van der Waals surface area contributed by atoms with E-state index in [-0.39, 0.29) is 0 Å². The first-order chi connectivity index (χ1) is 8.12. The van der Waals surface area contributed by atoms with Gasteiger partial charge in [0.25, 0.3) is 0 Å². The first-order valence-corrected chi connectivity index (χ1v) is 6.35. The van der Waals surface area contributed by atoms with Crippen LogP contribution in [0, 0.1) is 0 Å². The van der Waals surface area contributed by atoms with Crippen molar-refractivity contribution in [3.05, 3.63) is 36.1 Å². The fourth-order valence-electron chi connectivity index (χ4n) is 1.12. The second kappa shape index (κ2) is 15.0. The Hall–Kier alpha value is -1.02. The highest BCUT2D eigenvalue weighted by atomic mass is 16.5. The van der Waals surface area contributed by atoms with Crippen LogP contribution in [-0.2, 0) is 4.74 Å². The third-order valence-electron chi connectivity index (χ3n) is 1.77. The quantitative estimate of drug-likeness (QED) is 0.513. The van der Waals surface area contributed by atoms with Crippen molar-refractivity contribution in [1.29, 1.82) is 0 Å². The second-order valence-electron chi connectivity index (χ2n) is 3.83. The molecule has 0 amide bonds. The first kappa shape index (κ1) is 18.3. The molecule has 0 saturated heterocycles. The molecule has 0 rings (SSSR count). The van der Waals surface area contributed by atoms with Gasteiger partial charge in [0.05, 0.1) is 6.61 Å². The maximum absolute atomic E-state index is 5.31. The van der Waals surface area contributed by atoms with Crippen molar-refractivity contribution in [3.8, 4) is 0 Å². The number of hydrogen-bond donors (Lipinski definition) is 0. The van der Waals surface area contributed by atoms with Gasteiger partial charge in [-0.25, -0.2) is 0 Å². The van der Waals surface area contributed by atoms with Gasteiger partial charge in [-0.2, -0.15) is 0 Å². The molecule has 0 aromatic carbocycles. The Morgan fingerprint density at radius 1 is 1.12 bits per heavy atom. The molecule has 0 atom stereocenters. The molecule has 0 spiro atoms. The second-order valence-corrected chi connectivity index (χ2v) is 3.83. The molecule has 0 fully saturated rings. The average Bonchev–Trinajstić information content (AvgIpc) is 2.27. The van der Waals surface area contributed by atoms with E-state index in [1.54, 1.807) is 0 Å². The van der Waals surface area contributed by atoms with Gasteiger partial charge in [0.15, 0.2) is 0 Å². The van der Waals surface area contributed by atoms with Crippen LogP contribution in [0.2, 0.25) is 0 Å².